The number of likely N-dealkylation sites (N-methyl/N-ethyl adjacent to an activating group) is 1. The zero-order valence-electron chi connectivity index (χ0n) is 9.52. The van der Waals surface area contributed by atoms with Gasteiger partial charge in [-0.15, -0.1) is 0 Å². The fourth-order valence-corrected chi connectivity index (χ4v) is 1.75. The summed E-state index contributed by atoms with van der Waals surface area (Å²) in [4.78, 5) is 1.86. The Morgan fingerprint density at radius 3 is 2.81 bits per heavy atom. The number of rotatable bonds is 5. The smallest absolute Gasteiger partial charge is 0.378 e. The summed E-state index contributed by atoms with van der Waals surface area (Å²) >= 11 is 0. The van der Waals surface area contributed by atoms with Crippen LogP contribution in [-0.4, -0.2) is 56.5 Å². The van der Waals surface area contributed by atoms with E-state index in [1.54, 1.807) is 0 Å². The van der Waals surface area contributed by atoms with E-state index in [9.17, 15) is 13.2 Å². The van der Waals surface area contributed by atoms with Crippen LogP contribution in [-0.2, 0) is 4.74 Å². The number of hydrogen-bond donors (Lipinski definition) is 1. The Morgan fingerprint density at radius 2 is 2.19 bits per heavy atom. The molecular weight excluding hydrogens is 221 g/mol. The van der Waals surface area contributed by atoms with Gasteiger partial charge in [0.2, 0.25) is 0 Å². The maximum Gasteiger partial charge on any atom is 0.390 e. The molecule has 0 aliphatic carbocycles. The molecule has 1 unspecified atom stereocenters. The Balaban J connectivity index is 2.34. The third-order valence-corrected chi connectivity index (χ3v) is 2.66. The van der Waals surface area contributed by atoms with Crippen LogP contribution in [0.2, 0.25) is 0 Å². The second-order valence-corrected chi connectivity index (χ2v) is 3.94. The number of hydrogen-bond acceptors (Lipinski definition) is 3. The first-order chi connectivity index (χ1) is 7.53. The maximum atomic E-state index is 12.1. The topological polar surface area (TPSA) is 24.5 Å². The first-order valence-corrected chi connectivity index (χ1v) is 5.62. The Morgan fingerprint density at radius 1 is 1.44 bits per heavy atom. The molecule has 0 amide bonds. The van der Waals surface area contributed by atoms with Crippen LogP contribution in [0.5, 0.6) is 0 Å². The maximum absolute atomic E-state index is 12.1. The van der Waals surface area contributed by atoms with Crippen LogP contribution in [0.3, 0.4) is 0 Å². The Bertz CT molecular complexity index is 199. The standard InChI is InChI=1S/C10H19F3N2O/c1-2-14-7-9-8-16-6-5-15(9)4-3-10(11,12)13/h9,14H,2-8H2,1H3. The van der Waals surface area contributed by atoms with Crippen LogP contribution in [0.1, 0.15) is 13.3 Å². The highest BCUT2D eigenvalue weighted by atomic mass is 19.4. The summed E-state index contributed by atoms with van der Waals surface area (Å²) in [5, 5.41) is 3.14. The van der Waals surface area contributed by atoms with Crippen molar-refractivity contribution in [1.82, 2.24) is 10.2 Å². The van der Waals surface area contributed by atoms with E-state index in [0.29, 0.717) is 26.3 Å². The van der Waals surface area contributed by atoms with E-state index in [2.05, 4.69) is 5.32 Å². The number of nitrogens with one attached hydrogen (secondary N) is 1. The molecule has 1 aliphatic rings. The fraction of sp³-hybridized carbons (Fsp3) is 1.00. The normalized spacial score (nSPS) is 23.6. The summed E-state index contributed by atoms with van der Waals surface area (Å²) in [6.07, 6.45) is -4.81. The molecule has 16 heavy (non-hydrogen) atoms. The van der Waals surface area contributed by atoms with Crippen LogP contribution >= 0.6 is 0 Å². The highest BCUT2D eigenvalue weighted by molar-refractivity contribution is 4.77. The lowest BCUT2D eigenvalue weighted by Gasteiger charge is -2.35. The minimum absolute atomic E-state index is 0.0658. The van der Waals surface area contributed by atoms with Gasteiger partial charge in [-0.3, -0.25) is 4.90 Å². The number of ether oxygens (including phenoxy) is 1. The third-order valence-electron chi connectivity index (χ3n) is 2.66. The summed E-state index contributed by atoms with van der Waals surface area (Å²) in [7, 11) is 0. The molecule has 0 aromatic carbocycles. The lowest BCUT2D eigenvalue weighted by molar-refractivity contribution is -0.142. The van der Waals surface area contributed by atoms with E-state index in [-0.39, 0.29) is 12.6 Å². The van der Waals surface area contributed by atoms with Crippen LogP contribution in [0.15, 0.2) is 0 Å². The first kappa shape index (κ1) is 13.7. The SMILES string of the molecule is CCNCC1COCCN1CCC(F)(F)F. The van der Waals surface area contributed by atoms with E-state index in [4.69, 9.17) is 4.74 Å². The van der Waals surface area contributed by atoms with Gasteiger partial charge in [-0.25, -0.2) is 0 Å². The van der Waals surface area contributed by atoms with Crippen molar-refractivity contribution in [1.29, 1.82) is 0 Å². The van der Waals surface area contributed by atoms with Gasteiger partial charge in [-0.1, -0.05) is 6.92 Å². The number of morpholine rings is 1. The van der Waals surface area contributed by atoms with Crippen LogP contribution in [0.25, 0.3) is 0 Å². The summed E-state index contributed by atoms with van der Waals surface area (Å²) in [5.74, 6) is 0. The van der Waals surface area contributed by atoms with E-state index < -0.39 is 12.6 Å². The molecule has 1 rings (SSSR count). The zero-order chi connectivity index (χ0) is 12.0. The van der Waals surface area contributed by atoms with Crippen LogP contribution in [0, 0.1) is 0 Å². The number of halogens is 3. The van der Waals surface area contributed by atoms with Gasteiger partial charge in [0.25, 0.3) is 0 Å². The van der Waals surface area contributed by atoms with Crippen molar-refractivity contribution in [2.45, 2.75) is 25.6 Å². The lowest BCUT2D eigenvalue weighted by atomic mass is 10.2. The van der Waals surface area contributed by atoms with Crippen molar-refractivity contribution in [2.24, 2.45) is 0 Å². The summed E-state index contributed by atoms with van der Waals surface area (Å²) in [6, 6.07) is 0.0658. The average molecular weight is 240 g/mol. The molecule has 0 aromatic rings. The molecule has 0 saturated carbocycles. The lowest BCUT2D eigenvalue weighted by Crippen LogP contribution is -2.51. The predicted octanol–water partition coefficient (Wildman–Crippen LogP) is 1.25. The molecule has 1 heterocycles. The first-order valence-electron chi connectivity index (χ1n) is 5.62. The van der Waals surface area contributed by atoms with Gasteiger partial charge >= 0.3 is 6.18 Å². The molecule has 0 bridgehead atoms. The Hall–Kier alpha value is -0.330. The van der Waals surface area contributed by atoms with E-state index in [0.717, 1.165) is 6.54 Å². The average Bonchev–Trinajstić information content (AvgIpc) is 2.23. The molecule has 0 aromatic heterocycles. The van der Waals surface area contributed by atoms with Crippen LogP contribution < -0.4 is 5.32 Å². The van der Waals surface area contributed by atoms with Gasteiger partial charge < -0.3 is 10.1 Å². The van der Waals surface area contributed by atoms with Crippen molar-refractivity contribution in [3.8, 4) is 0 Å². The van der Waals surface area contributed by atoms with Gasteiger partial charge in [0, 0.05) is 25.7 Å². The van der Waals surface area contributed by atoms with Gasteiger partial charge in [-0.2, -0.15) is 13.2 Å². The molecule has 0 radical (unpaired) electrons. The third kappa shape index (κ3) is 5.14. The summed E-state index contributed by atoms with van der Waals surface area (Å²) in [5.41, 5.74) is 0. The largest absolute Gasteiger partial charge is 0.390 e. The Kier molecular flexibility index (Phi) is 5.51. The molecule has 96 valence electrons. The van der Waals surface area contributed by atoms with E-state index in [1.807, 2.05) is 11.8 Å². The molecular formula is C10H19F3N2O. The fourth-order valence-electron chi connectivity index (χ4n) is 1.75. The molecule has 1 aliphatic heterocycles. The van der Waals surface area contributed by atoms with Gasteiger partial charge in [0.1, 0.15) is 0 Å². The molecule has 1 fully saturated rings. The highest BCUT2D eigenvalue weighted by Crippen LogP contribution is 2.21. The van der Waals surface area contributed by atoms with Crippen molar-refractivity contribution < 1.29 is 17.9 Å². The predicted molar refractivity (Wildman–Crippen MR) is 55.4 cm³/mol. The van der Waals surface area contributed by atoms with E-state index >= 15 is 0 Å². The quantitative estimate of drug-likeness (QED) is 0.782. The van der Waals surface area contributed by atoms with Crippen molar-refractivity contribution in [2.75, 3.05) is 39.4 Å². The van der Waals surface area contributed by atoms with Gasteiger partial charge in [0.05, 0.1) is 19.6 Å². The highest BCUT2D eigenvalue weighted by Gasteiger charge is 2.30. The monoisotopic (exact) mass is 240 g/mol. The molecule has 0 spiro atoms. The minimum Gasteiger partial charge on any atom is -0.378 e. The minimum atomic E-state index is -4.07. The van der Waals surface area contributed by atoms with Crippen molar-refractivity contribution in [3.63, 3.8) is 0 Å². The Labute approximate surface area is 93.9 Å². The van der Waals surface area contributed by atoms with Crippen molar-refractivity contribution >= 4 is 0 Å². The zero-order valence-corrected chi connectivity index (χ0v) is 9.52. The van der Waals surface area contributed by atoms with E-state index in [1.165, 1.54) is 0 Å². The summed E-state index contributed by atoms with van der Waals surface area (Å²) in [6.45, 7) is 5.20. The number of nitrogens with zero attached hydrogens (tertiary/aromatic N) is 1. The van der Waals surface area contributed by atoms with Gasteiger partial charge in [0.15, 0.2) is 0 Å². The second-order valence-electron chi connectivity index (χ2n) is 3.94. The van der Waals surface area contributed by atoms with Gasteiger partial charge in [-0.05, 0) is 6.54 Å². The molecule has 1 N–H and O–H groups in total. The van der Waals surface area contributed by atoms with Crippen LogP contribution in [0.4, 0.5) is 13.2 Å². The second kappa shape index (κ2) is 6.42. The summed E-state index contributed by atoms with van der Waals surface area (Å²) < 4.78 is 41.6. The molecule has 1 atom stereocenters. The molecule has 1 saturated heterocycles. The van der Waals surface area contributed by atoms with Crippen molar-refractivity contribution in [3.05, 3.63) is 0 Å². The molecule has 6 heteroatoms. The molecule has 3 nitrogen and oxygen atoms in total. The number of alkyl halides is 3.